The van der Waals surface area contributed by atoms with Gasteiger partial charge >= 0.3 is 12.1 Å². The summed E-state index contributed by atoms with van der Waals surface area (Å²) in [6, 6.07) is 3.18. The molecule has 0 bridgehead atoms. The molecule has 0 spiro atoms. The zero-order chi connectivity index (χ0) is 15.1. The van der Waals surface area contributed by atoms with E-state index in [1.54, 1.807) is 0 Å². The molecule has 1 N–H and O–H groups in total. The third-order valence-electron chi connectivity index (χ3n) is 2.25. The van der Waals surface area contributed by atoms with Crippen LogP contribution in [0.3, 0.4) is 0 Å². The van der Waals surface area contributed by atoms with Crippen LogP contribution in [0.5, 0.6) is 0 Å². The number of carboxylic acids is 1. The van der Waals surface area contributed by atoms with Crippen LogP contribution in [-0.2, 0) is 6.18 Å². The first-order valence-corrected chi connectivity index (χ1v) is 5.76. The summed E-state index contributed by atoms with van der Waals surface area (Å²) in [5, 5.41) is 8.69. The van der Waals surface area contributed by atoms with E-state index in [-0.39, 0.29) is 10.0 Å². The van der Waals surface area contributed by atoms with Crippen LogP contribution in [0, 0.1) is 5.82 Å². The van der Waals surface area contributed by atoms with Crippen molar-refractivity contribution in [2.24, 2.45) is 0 Å². The number of alkyl halides is 3. The third-order valence-corrected chi connectivity index (χ3v) is 2.94. The number of rotatable bonds is 2. The van der Waals surface area contributed by atoms with Gasteiger partial charge in [-0.25, -0.2) is 14.2 Å². The number of nitrogens with zero attached hydrogens (tertiary/aromatic N) is 1. The van der Waals surface area contributed by atoms with Crippen LogP contribution in [0.4, 0.5) is 17.6 Å². The van der Waals surface area contributed by atoms with Crippen LogP contribution in [0.25, 0.3) is 11.5 Å². The minimum absolute atomic E-state index is 0.122. The molecule has 0 aliphatic rings. The molecule has 0 aliphatic carbocycles. The minimum Gasteiger partial charge on any atom is -0.475 e. The van der Waals surface area contributed by atoms with Crippen molar-refractivity contribution in [1.29, 1.82) is 0 Å². The molecule has 2 aromatic rings. The zero-order valence-corrected chi connectivity index (χ0v) is 10.9. The molecule has 9 heteroatoms. The number of carbonyl (C=O) groups is 1. The van der Waals surface area contributed by atoms with Crippen LogP contribution in [0.2, 0.25) is 0 Å². The van der Waals surface area contributed by atoms with Gasteiger partial charge in [0.2, 0.25) is 11.7 Å². The Hall–Kier alpha value is -1.90. The van der Waals surface area contributed by atoms with Gasteiger partial charge in [-0.3, -0.25) is 0 Å². The van der Waals surface area contributed by atoms with Crippen molar-refractivity contribution in [3.8, 4) is 11.5 Å². The molecule has 1 aromatic heterocycles. The van der Waals surface area contributed by atoms with E-state index in [2.05, 4.69) is 25.3 Å². The molecule has 4 nitrogen and oxygen atoms in total. The average Bonchev–Trinajstić information content (AvgIpc) is 2.77. The predicted octanol–water partition coefficient (Wildman–Crippen LogP) is 3.96. The molecule has 0 fully saturated rings. The molecule has 106 valence electrons. The summed E-state index contributed by atoms with van der Waals surface area (Å²) in [7, 11) is 0. The number of aromatic nitrogens is 1. The Kier molecular flexibility index (Phi) is 3.55. The highest BCUT2D eigenvalue weighted by Gasteiger charge is 2.41. The van der Waals surface area contributed by atoms with Crippen molar-refractivity contribution >= 4 is 21.9 Å². The molecule has 1 heterocycles. The summed E-state index contributed by atoms with van der Waals surface area (Å²) in [4.78, 5) is 13.9. The summed E-state index contributed by atoms with van der Waals surface area (Å²) in [6.07, 6.45) is -4.99. The van der Waals surface area contributed by atoms with Gasteiger partial charge in [0.25, 0.3) is 0 Å². The lowest BCUT2D eigenvalue weighted by Crippen LogP contribution is -2.11. The van der Waals surface area contributed by atoms with Crippen LogP contribution in [0.1, 0.15) is 16.2 Å². The van der Waals surface area contributed by atoms with E-state index in [0.29, 0.717) is 0 Å². The Bertz CT molecular complexity index is 681. The van der Waals surface area contributed by atoms with Crippen LogP contribution in [-0.4, -0.2) is 16.1 Å². The van der Waals surface area contributed by atoms with E-state index < -0.39 is 35.3 Å². The van der Waals surface area contributed by atoms with Gasteiger partial charge in [-0.05, 0) is 34.1 Å². The van der Waals surface area contributed by atoms with E-state index >= 15 is 0 Å². The minimum atomic E-state index is -4.99. The van der Waals surface area contributed by atoms with Crippen molar-refractivity contribution in [2.75, 3.05) is 0 Å². The highest BCUT2D eigenvalue weighted by Crippen LogP contribution is 2.36. The Morgan fingerprint density at radius 3 is 2.50 bits per heavy atom. The summed E-state index contributed by atoms with van der Waals surface area (Å²) in [6.45, 7) is 0. The second kappa shape index (κ2) is 4.89. The van der Waals surface area contributed by atoms with Crippen molar-refractivity contribution in [3.63, 3.8) is 0 Å². The monoisotopic (exact) mass is 353 g/mol. The second-order valence-electron chi connectivity index (χ2n) is 3.62. The van der Waals surface area contributed by atoms with Crippen molar-refractivity contribution < 1.29 is 31.9 Å². The topological polar surface area (TPSA) is 63.3 Å². The maximum Gasteiger partial charge on any atom is 0.437 e. The number of aromatic carboxylic acids is 1. The maximum atomic E-state index is 13.1. The summed E-state index contributed by atoms with van der Waals surface area (Å²) in [5.74, 6) is -4.62. The van der Waals surface area contributed by atoms with Crippen molar-refractivity contribution in [3.05, 3.63) is 39.9 Å². The molecule has 2 rings (SSSR count). The van der Waals surface area contributed by atoms with Gasteiger partial charge in [-0.15, -0.1) is 0 Å². The highest BCUT2D eigenvalue weighted by atomic mass is 79.9. The molecule has 0 saturated carbocycles. The first kappa shape index (κ1) is 14.5. The molecule has 20 heavy (non-hydrogen) atoms. The van der Waals surface area contributed by atoms with Gasteiger partial charge < -0.3 is 9.52 Å². The average molecular weight is 354 g/mol. The number of hydrogen-bond acceptors (Lipinski definition) is 3. The Morgan fingerprint density at radius 2 is 2.00 bits per heavy atom. The lowest BCUT2D eigenvalue weighted by Gasteiger charge is -2.01. The smallest absolute Gasteiger partial charge is 0.437 e. The van der Waals surface area contributed by atoms with E-state index in [4.69, 9.17) is 5.11 Å². The standard InChI is InChI=1S/C11H4BrF4NO3/c12-6-2-1-4(13)3-5(6)9-17-8(11(14,15)16)7(20-9)10(18)19/h1-3H,(H,18,19). The maximum absolute atomic E-state index is 13.1. The Labute approximate surface area is 117 Å². The van der Waals surface area contributed by atoms with Crippen molar-refractivity contribution in [1.82, 2.24) is 4.98 Å². The lowest BCUT2D eigenvalue weighted by atomic mass is 10.2. The molecule has 0 amide bonds. The lowest BCUT2D eigenvalue weighted by molar-refractivity contribution is -0.141. The van der Waals surface area contributed by atoms with Gasteiger partial charge in [-0.2, -0.15) is 13.2 Å². The van der Waals surface area contributed by atoms with E-state index in [1.807, 2.05) is 0 Å². The number of carboxylic acid groups (broad SMARTS) is 1. The molecule has 0 aliphatic heterocycles. The normalized spacial score (nSPS) is 11.7. The summed E-state index contributed by atoms with van der Waals surface area (Å²) >= 11 is 2.99. The molecular formula is C11H4BrF4NO3. The highest BCUT2D eigenvalue weighted by molar-refractivity contribution is 9.10. The molecule has 0 atom stereocenters. The second-order valence-corrected chi connectivity index (χ2v) is 4.48. The van der Waals surface area contributed by atoms with E-state index in [1.165, 1.54) is 6.07 Å². The molecule has 0 unspecified atom stereocenters. The van der Waals surface area contributed by atoms with Gasteiger partial charge in [0.1, 0.15) is 5.82 Å². The largest absolute Gasteiger partial charge is 0.475 e. The van der Waals surface area contributed by atoms with E-state index in [9.17, 15) is 22.4 Å². The number of oxazole rings is 1. The number of benzene rings is 1. The fourth-order valence-corrected chi connectivity index (χ4v) is 1.85. The number of hydrogen-bond donors (Lipinski definition) is 1. The molecule has 0 radical (unpaired) electrons. The van der Waals surface area contributed by atoms with E-state index in [0.717, 1.165) is 12.1 Å². The van der Waals surface area contributed by atoms with Gasteiger partial charge in [0, 0.05) is 4.47 Å². The molecule has 1 aromatic carbocycles. The summed E-state index contributed by atoms with van der Waals surface area (Å²) in [5.41, 5.74) is -1.79. The van der Waals surface area contributed by atoms with Crippen LogP contribution < -0.4 is 0 Å². The SMILES string of the molecule is O=C(O)c1oc(-c2cc(F)ccc2Br)nc1C(F)(F)F. The third kappa shape index (κ3) is 2.67. The fraction of sp³-hybridized carbons (Fsp3) is 0.0909. The van der Waals surface area contributed by atoms with Crippen LogP contribution in [0.15, 0.2) is 27.1 Å². The first-order valence-electron chi connectivity index (χ1n) is 4.97. The van der Waals surface area contributed by atoms with Crippen LogP contribution >= 0.6 is 15.9 Å². The Balaban J connectivity index is 2.65. The Morgan fingerprint density at radius 1 is 1.35 bits per heavy atom. The van der Waals surface area contributed by atoms with Gasteiger partial charge in [-0.1, -0.05) is 0 Å². The number of halogens is 5. The van der Waals surface area contributed by atoms with Gasteiger partial charge in [0.15, 0.2) is 5.69 Å². The quantitative estimate of drug-likeness (QED) is 0.830. The fourth-order valence-electron chi connectivity index (χ4n) is 1.43. The van der Waals surface area contributed by atoms with Gasteiger partial charge in [0.05, 0.1) is 5.56 Å². The zero-order valence-electron chi connectivity index (χ0n) is 9.33. The summed E-state index contributed by atoms with van der Waals surface area (Å²) < 4.78 is 55.9. The van der Waals surface area contributed by atoms with Crippen molar-refractivity contribution in [2.45, 2.75) is 6.18 Å². The first-order chi connectivity index (χ1) is 9.20. The molecular weight excluding hydrogens is 350 g/mol. The predicted molar refractivity (Wildman–Crippen MR) is 61.6 cm³/mol. The molecule has 0 saturated heterocycles.